The van der Waals surface area contributed by atoms with E-state index in [0.29, 0.717) is 0 Å². The second-order valence-corrected chi connectivity index (χ2v) is 10.4. The van der Waals surface area contributed by atoms with Gasteiger partial charge in [-0.3, -0.25) is 0 Å². The monoisotopic (exact) mass is 727 g/mol. The van der Waals surface area contributed by atoms with Crippen molar-refractivity contribution in [3.8, 4) is 66.9 Å². The summed E-state index contributed by atoms with van der Waals surface area (Å²) in [5.41, 5.74) is 13.9. The molecule has 0 unspecified atom stereocenters. The van der Waals surface area contributed by atoms with Gasteiger partial charge < -0.3 is 4.98 Å². The molecule has 43 heavy (non-hydrogen) atoms. The van der Waals surface area contributed by atoms with Crippen LogP contribution in [-0.4, -0.2) is 4.98 Å². The Morgan fingerprint density at radius 3 is 1.19 bits per heavy atom. The van der Waals surface area contributed by atoms with Gasteiger partial charge in [-0.25, -0.2) is 0 Å². The second-order valence-electron chi connectivity index (χ2n) is 10.4. The summed E-state index contributed by atoms with van der Waals surface area (Å²) in [6.07, 6.45) is 1.82. The van der Waals surface area contributed by atoms with Crippen LogP contribution in [0.5, 0.6) is 0 Å². The minimum atomic E-state index is 0. The van der Waals surface area contributed by atoms with Gasteiger partial charge in [0.25, 0.3) is 0 Å². The molecular formula is C41H28IrN-. The zero-order valence-electron chi connectivity index (χ0n) is 23.4. The first-order chi connectivity index (χ1) is 20.8. The van der Waals surface area contributed by atoms with E-state index in [1.165, 1.54) is 50.1 Å². The molecule has 207 valence electrons. The largest absolute Gasteiger partial charge is 0.305 e. The van der Waals surface area contributed by atoms with Gasteiger partial charge in [-0.05, 0) is 86.1 Å². The molecule has 0 atom stereocenters. The average molecular weight is 727 g/mol. The third-order valence-corrected chi connectivity index (χ3v) is 7.63. The van der Waals surface area contributed by atoms with Crippen molar-refractivity contribution < 1.29 is 20.1 Å². The molecule has 7 rings (SSSR count). The quantitative estimate of drug-likeness (QED) is 0.156. The summed E-state index contributed by atoms with van der Waals surface area (Å²) >= 11 is 0. The number of hydrogen-bond acceptors (Lipinski definition) is 1. The molecule has 0 aliphatic rings. The van der Waals surface area contributed by atoms with E-state index in [-0.39, 0.29) is 20.1 Å². The van der Waals surface area contributed by atoms with Crippen LogP contribution in [0.2, 0.25) is 0 Å². The van der Waals surface area contributed by atoms with E-state index in [9.17, 15) is 0 Å². The van der Waals surface area contributed by atoms with Crippen molar-refractivity contribution in [2.24, 2.45) is 0 Å². The molecule has 2 heteroatoms. The third kappa shape index (κ3) is 6.32. The van der Waals surface area contributed by atoms with Gasteiger partial charge in [-0.2, -0.15) is 0 Å². The minimum absolute atomic E-state index is 0. The van der Waals surface area contributed by atoms with Crippen LogP contribution >= 0.6 is 0 Å². The molecule has 0 N–H and O–H groups in total. The van der Waals surface area contributed by atoms with Crippen molar-refractivity contribution >= 4 is 0 Å². The first kappa shape index (κ1) is 28.2. The predicted molar refractivity (Wildman–Crippen MR) is 176 cm³/mol. The molecule has 1 radical (unpaired) electrons. The van der Waals surface area contributed by atoms with Crippen molar-refractivity contribution in [1.82, 2.24) is 4.98 Å². The molecule has 0 amide bonds. The molecule has 0 aliphatic carbocycles. The second kappa shape index (κ2) is 13.0. The van der Waals surface area contributed by atoms with E-state index < -0.39 is 0 Å². The minimum Gasteiger partial charge on any atom is -0.305 e. The van der Waals surface area contributed by atoms with Gasteiger partial charge in [-0.1, -0.05) is 115 Å². The fourth-order valence-electron chi connectivity index (χ4n) is 5.46. The average Bonchev–Trinajstić information content (AvgIpc) is 3.09. The Morgan fingerprint density at radius 2 is 0.744 bits per heavy atom. The summed E-state index contributed by atoms with van der Waals surface area (Å²) in [6, 6.07) is 61.3. The smallest absolute Gasteiger partial charge is 0.0160 e. The SMILES string of the molecule is [Ir].[c-]1ccc(-c2cccc(-c3cccc(-c4cccc(-c5cccc(-c6ccccc6)c5)c4)c3)c2)cc1-c1ccccn1. The number of nitrogens with zero attached hydrogens (tertiary/aromatic N) is 1. The number of pyridine rings is 1. The molecule has 1 aromatic heterocycles. The Balaban J connectivity index is 0.00000329. The molecule has 0 bridgehead atoms. The summed E-state index contributed by atoms with van der Waals surface area (Å²) in [5, 5.41) is 0. The molecule has 0 fully saturated rings. The molecule has 0 saturated heterocycles. The molecular weight excluding hydrogens is 699 g/mol. The van der Waals surface area contributed by atoms with Crippen molar-refractivity contribution in [3.05, 3.63) is 176 Å². The van der Waals surface area contributed by atoms with Gasteiger partial charge in [0.15, 0.2) is 0 Å². The Kier molecular flexibility index (Phi) is 8.52. The van der Waals surface area contributed by atoms with Gasteiger partial charge in [0.2, 0.25) is 0 Å². The molecule has 6 aromatic carbocycles. The van der Waals surface area contributed by atoms with Crippen LogP contribution in [0.4, 0.5) is 0 Å². The van der Waals surface area contributed by atoms with Crippen LogP contribution in [-0.2, 0) is 20.1 Å². The zero-order chi connectivity index (χ0) is 28.1. The van der Waals surface area contributed by atoms with E-state index in [1.54, 1.807) is 0 Å². The fraction of sp³-hybridized carbons (Fsp3) is 0. The van der Waals surface area contributed by atoms with Gasteiger partial charge in [0.05, 0.1) is 0 Å². The molecule has 0 saturated carbocycles. The first-order valence-corrected chi connectivity index (χ1v) is 14.2. The van der Waals surface area contributed by atoms with Crippen molar-refractivity contribution in [1.29, 1.82) is 0 Å². The molecule has 0 aliphatic heterocycles. The van der Waals surface area contributed by atoms with Gasteiger partial charge >= 0.3 is 0 Å². The Labute approximate surface area is 266 Å². The van der Waals surface area contributed by atoms with Crippen LogP contribution < -0.4 is 0 Å². The van der Waals surface area contributed by atoms with Crippen LogP contribution in [0.15, 0.2) is 170 Å². The molecule has 1 nitrogen and oxygen atoms in total. The normalized spacial score (nSPS) is 10.6. The van der Waals surface area contributed by atoms with Gasteiger partial charge in [0.1, 0.15) is 0 Å². The van der Waals surface area contributed by atoms with E-state index in [4.69, 9.17) is 0 Å². The first-order valence-electron chi connectivity index (χ1n) is 14.2. The van der Waals surface area contributed by atoms with E-state index in [2.05, 4.69) is 151 Å². The van der Waals surface area contributed by atoms with E-state index in [0.717, 1.165) is 16.8 Å². The molecule has 0 spiro atoms. The van der Waals surface area contributed by atoms with Crippen LogP contribution in [0, 0.1) is 6.07 Å². The Morgan fingerprint density at radius 1 is 0.349 bits per heavy atom. The van der Waals surface area contributed by atoms with Gasteiger partial charge in [0, 0.05) is 26.3 Å². The summed E-state index contributed by atoms with van der Waals surface area (Å²) in [4.78, 5) is 4.50. The molecule has 7 aromatic rings. The van der Waals surface area contributed by atoms with E-state index in [1.807, 2.05) is 30.5 Å². The molecule has 1 heterocycles. The predicted octanol–water partition coefficient (Wildman–Crippen LogP) is 10.9. The Bertz CT molecular complexity index is 1840. The number of hydrogen-bond donors (Lipinski definition) is 0. The maximum absolute atomic E-state index is 4.50. The standard InChI is InChI=1S/C41H28N.Ir/c1-2-11-30(12-3-1)31-13-6-14-32(25-31)33-15-7-16-34(26-33)35-17-8-18-36(27-35)37-19-9-20-38(28-37)39-21-10-22-40(29-39)41-23-4-5-24-42-41;/h1-21,23-29H;/q-1;. The van der Waals surface area contributed by atoms with Crippen LogP contribution in [0.25, 0.3) is 66.9 Å². The van der Waals surface area contributed by atoms with Crippen molar-refractivity contribution in [3.63, 3.8) is 0 Å². The third-order valence-electron chi connectivity index (χ3n) is 7.63. The van der Waals surface area contributed by atoms with Crippen molar-refractivity contribution in [2.45, 2.75) is 0 Å². The van der Waals surface area contributed by atoms with E-state index >= 15 is 0 Å². The van der Waals surface area contributed by atoms with Gasteiger partial charge in [-0.15, -0.1) is 35.4 Å². The maximum atomic E-state index is 4.50. The Hall–Kier alpha value is -4.88. The maximum Gasteiger partial charge on any atom is 0.0160 e. The zero-order valence-corrected chi connectivity index (χ0v) is 25.8. The number of benzene rings is 6. The summed E-state index contributed by atoms with van der Waals surface area (Å²) in [5.74, 6) is 0. The summed E-state index contributed by atoms with van der Waals surface area (Å²) in [6.45, 7) is 0. The summed E-state index contributed by atoms with van der Waals surface area (Å²) < 4.78 is 0. The van der Waals surface area contributed by atoms with Crippen LogP contribution in [0.1, 0.15) is 0 Å². The van der Waals surface area contributed by atoms with Crippen LogP contribution in [0.3, 0.4) is 0 Å². The number of rotatable bonds is 6. The fourth-order valence-corrected chi connectivity index (χ4v) is 5.46. The topological polar surface area (TPSA) is 12.9 Å². The number of aromatic nitrogens is 1. The summed E-state index contributed by atoms with van der Waals surface area (Å²) in [7, 11) is 0. The van der Waals surface area contributed by atoms with Crippen molar-refractivity contribution in [2.75, 3.05) is 0 Å².